The van der Waals surface area contributed by atoms with Crippen molar-refractivity contribution in [2.75, 3.05) is 5.73 Å². The number of rotatable bonds is 2. The van der Waals surface area contributed by atoms with Crippen molar-refractivity contribution in [2.24, 2.45) is 5.73 Å². The predicted octanol–water partition coefficient (Wildman–Crippen LogP) is 2.88. The van der Waals surface area contributed by atoms with Gasteiger partial charge in [0.25, 0.3) is 0 Å². The van der Waals surface area contributed by atoms with E-state index in [9.17, 15) is 0 Å². The van der Waals surface area contributed by atoms with Gasteiger partial charge in [-0.3, -0.25) is 0 Å². The van der Waals surface area contributed by atoms with E-state index in [1.807, 2.05) is 24.4 Å². The standard InChI is InChI=1S/C15H15N3/c16-9-11-4-5-13(14-6-7-18-15(11)14)10-2-1-3-12(17)8-10/h1-8,18H,9,16-17H2. The molecule has 0 saturated heterocycles. The molecule has 1 aromatic heterocycles. The summed E-state index contributed by atoms with van der Waals surface area (Å²) in [6, 6.07) is 14.2. The van der Waals surface area contributed by atoms with Crippen molar-refractivity contribution in [1.29, 1.82) is 0 Å². The van der Waals surface area contributed by atoms with Gasteiger partial charge in [-0.2, -0.15) is 0 Å². The molecule has 0 atom stereocenters. The molecule has 0 bridgehead atoms. The van der Waals surface area contributed by atoms with E-state index < -0.39 is 0 Å². The summed E-state index contributed by atoms with van der Waals surface area (Å²) in [7, 11) is 0. The van der Waals surface area contributed by atoms with Crippen LogP contribution in [0.15, 0.2) is 48.7 Å². The molecule has 0 unspecified atom stereocenters. The minimum absolute atomic E-state index is 0.536. The van der Waals surface area contributed by atoms with E-state index in [0.717, 1.165) is 22.3 Å². The number of benzene rings is 2. The molecule has 0 aliphatic carbocycles. The van der Waals surface area contributed by atoms with Gasteiger partial charge in [-0.1, -0.05) is 24.3 Å². The summed E-state index contributed by atoms with van der Waals surface area (Å²) < 4.78 is 0. The first-order chi connectivity index (χ1) is 8.79. The molecule has 3 aromatic rings. The molecule has 0 aliphatic heterocycles. The molecule has 90 valence electrons. The highest BCUT2D eigenvalue weighted by atomic mass is 14.7. The minimum Gasteiger partial charge on any atom is -0.399 e. The Morgan fingerprint density at radius 2 is 1.94 bits per heavy atom. The van der Waals surface area contributed by atoms with Crippen molar-refractivity contribution >= 4 is 16.6 Å². The van der Waals surface area contributed by atoms with E-state index >= 15 is 0 Å². The third kappa shape index (κ3) is 1.65. The molecule has 3 nitrogen and oxygen atoms in total. The van der Waals surface area contributed by atoms with Crippen LogP contribution in [-0.4, -0.2) is 4.98 Å². The smallest absolute Gasteiger partial charge is 0.0505 e. The van der Waals surface area contributed by atoms with Gasteiger partial charge in [-0.25, -0.2) is 0 Å². The summed E-state index contributed by atoms with van der Waals surface area (Å²) in [5.41, 5.74) is 16.9. The maximum atomic E-state index is 5.84. The van der Waals surface area contributed by atoms with Gasteiger partial charge in [0.2, 0.25) is 0 Å². The van der Waals surface area contributed by atoms with Crippen LogP contribution < -0.4 is 11.5 Å². The van der Waals surface area contributed by atoms with Crippen LogP contribution in [0.5, 0.6) is 0 Å². The van der Waals surface area contributed by atoms with Crippen LogP contribution in [0.2, 0.25) is 0 Å². The molecule has 18 heavy (non-hydrogen) atoms. The molecule has 0 spiro atoms. The molecule has 0 saturated carbocycles. The molecule has 5 N–H and O–H groups in total. The van der Waals surface area contributed by atoms with Crippen LogP contribution in [0.4, 0.5) is 5.69 Å². The van der Waals surface area contributed by atoms with Gasteiger partial charge >= 0.3 is 0 Å². The summed E-state index contributed by atoms with van der Waals surface area (Å²) in [6.45, 7) is 0.536. The lowest BCUT2D eigenvalue weighted by Crippen LogP contribution is -1.97. The largest absolute Gasteiger partial charge is 0.399 e. The highest BCUT2D eigenvalue weighted by molar-refractivity contribution is 5.97. The number of hydrogen-bond donors (Lipinski definition) is 3. The molecular formula is C15H15N3. The second-order valence-corrected chi connectivity index (χ2v) is 4.37. The lowest BCUT2D eigenvalue weighted by Gasteiger charge is -2.07. The third-order valence-electron chi connectivity index (χ3n) is 3.23. The zero-order valence-electron chi connectivity index (χ0n) is 9.98. The number of aromatic amines is 1. The molecule has 0 amide bonds. The molecule has 0 radical (unpaired) electrons. The Hall–Kier alpha value is -2.26. The molecular weight excluding hydrogens is 222 g/mol. The molecule has 0 aliphatic rings. The molecule has 3 heteroatoms. The SMILES string of the molecule is NCc1ccc(-c2cccc(N)c2)c2cc[nH]c12. The van der Waals surface area contributed by atoms with Gasteiger partial charge in [0, 0.05) is 23.8 Å². The van der Waals surface area contributed by atoms with Crippen molar-refractivity contribution in [3.8, 4) is 11.1 Å². The Labute approximate surface area is 105 Å². The second-order valence-electron chi connectivity index (χ2n) is 4.37. The first kappa shape index (κ1) is 10.9. The number of aromatic nitrogens is 1. The summed E-state index contributed by atoms with van der Waals surface area (Å²) in [4.78, 5) is 3.25. The number of nitrogen functional groups attached to an aromatic ring is 1. The van der Waals surface area contributed by atoms with Gasteiger partial charge in [0.15, 0.2) is 0 Å². The first-order valence-electron chi connectivity index (χ1n) is 5.94. The Morgan fingerprint density at radius 3 is 2.72 bits per heavy atom. The van der Waals surface area contributed by atoms with Gasteiger partial charge < -0.3 is 16.5 Å². The fourth-order valence-corrected chi connectivity index (χ4v) is 2.34. The quantitative estimate of drug-likeness (QED) is 0.600. The normalized spacial score (nSPS) is 10.9. The number of anilines is 1. The number of nitrogens with two attached hydrogens (primary N) is 2. The van der Waals surface area contributed by atoms with Crippen molar-refractivity contribution in [3.05, 3.63) is 54.2 Å². The summed E-state index contributed by atoms with van der Waals surface area (Å²) >= 11 is 0. The highest BCUT2D eigenvalue weighted by Gasteiger charge is 2.07. The zero-order valence-corrected chi connectivity index (χ0v) is 9.98. The van der Waals surface area contributed by atoms with Crippen LogP contribution in [0.1, 0.15) is 5.56 Å². The first-order valence-corrected chi connectivity index (χ1v) is 5.94. The van der Waals surface area contributed by atoms with Crippen molar-refractivity contribution in [2.45, 2.75) is 6.54 Å². The molecule has 1 heterocycles. The van der Waals surface area contributed by atoms with Gasteiger partial charge in [-0.15, -0.1) is 0 Å². The van der Waals surface area contributed by atoms with E-state index in [1.165, 1.54) is 10.9 Å². The van der Waals surface area contributed by atoms with E-state index in [0.29, 0.717) is 6.54 Å². The minimum atomic E-state index is 0.536. The van der Waals surface area contributed by atoms with E-state index in [-0.39, 0.29) is 0 Å². The van der Waals surface area contributed by atoms with E-state index in [4.69, 9.17) is 11.5 Å². The Morgan fingerprint density at radius 1 is 1.06 bits per heavy atom. The second kappa shape index (κ2) is 4.20. The highest BCUT2D eigenvalue weighted by Crippen LogP contribution is 2.30. The average molecular weight is 237 g/mol. The van der Waals surface area contributed by atoms with Gasteiger partial charge in [0.1, 0.15) is 0 Å². The van der Waals surface area contributed by atoms with Crippen LogP contribution in [-0.2, 0) is 6.54 Å². The van der Waals surface area contributed by atoms with Crippen LogP contribution in [0.25, 0.3) is 22.0 Å². The summed E-state index contributed by atoms with van der Waals surface area (Å²) in [5.74, 6) is 0. The maximum absolute atomic E-state index is 5.84. The van der Waals surface area contributed by atoms with Gasteiger partial charge in [0.05, 0.1) is 5.52 Å². The van der Waals surface area contributed by atoms with E-state index in [2.05, 4.69) is 29.2 Å². The Kier molecular flexibility index (Phi) is 2.54. The zero-order chi connectivity index (χ0) is 12.5. The molecule has 2 aromatic carbocycles. The number of H-pyrrole nitrogens is 1. The Bertz CT molecular complexity index is 698. The number of hydrogen-bond acceptors (Lipinski definition) is 2. The van der Waals surface area contributed by atoms with Crippen LogP contribution in [0.3, 0.4) is 0 Å². The summed E-state index contributed by atoms with van der Waals surface area (Å²) in [5, 5.41) is 1.18. The molecule has 0 fully saturated rings. The average Bonchev–Trinajstić information content (AvgIpc) is 2.86. The number of nitrogens with one attached hydrogen (secondary N) is 1. The predicted molar refractivity (Wildman–Crippen MR) is 76.0 cm³/mol. The maximum Gasteiger partial charge on any atom is 0.0505 e. The van der Waals surface area contributed by atoms with Crippen molar-refractivity contribution in [1.82, 2.24) is 4.98 Å². The van der Waals surface area contributed by atoms with Crippen molar-refractivity contribution in [3.63, 3.8) is 0 Å². The van der Waals surface area contributed by atoms with Gasteiger partial charge in [-0.05, 0) is 34.9 Å². The van der Waals surface area contributed by atoms with Crippen molar-refractivity contribution < 1.29 is 0 Å². The fraction of sp³-hybridized carbons (Fsp3) is 0.0667. The van der Waals surface area contributed by atoms with Crippen LogP contribution >= 0.6 is 0 Å². The number of fused-ring (bicyclic) bond motifs is 1. The summed E-state index contributed by atoms with van der Waals surface area (Å²) in [6.07, 6.45) is 1.94. The Balaban J connectivity index is 2.27. The molecule has 3 rings (SSSR count). The van der Waals surface area contributed by atoms with E-state index in [1.54, 1.807) is 0 Å². The monoisotopic (exact) mass is 237 g/mol. The lowest BCUT2D eigenvalue weighted by atomic mass is 9.99. The topological polar surface area (TPSA) is 67.8 Å². The van der Waals surface area contributed by atoms with Crippen LogP contribution in [0, 0.1) is 0 Å². The third-order valence-corrected chi connectivity index (χ3v) is 3.23. The lowest BCUT2D eigenvalue weighted by molar-refractivity contribution is 1.08. The fourth-order valence-electron chi connectivity index (χ4n) is 2.34.